The second-order valence-electron chi connectivity index (χ2n) is 2.80. The Morgan fingerprint density at radius 2 is 2.00 bits per heavy atom. The normalized spacial score (nSPS) is 10.2. The zero-order valence-electron chi connectivity index (χ0n) is 7.47. The molecule has 3 nitrogen and oxygen atoms in total. The molecule has 0 aliphatic rings. The van der Waals surface area contributed by atoms with Crippen molar-refractivity contribution in [3.05, 3.63) is 23.1 Å². The first-order chi connectivity index (χ1) is 5.18. The molecule has 2 aromatic rings. The number of nitrogens with zero attached hydrogens (tertiary/aromatic N) is 2. The molecule has 0 bridgehead atoms. The molecular weight excluding hydrogens is 227 g/mol. The maximum atomic E-state index is 4.25. The summed E-state index contributed by atoms with van der Waals surface area (Å²) >= 11 is 0. The maximum Gasteiger partial charge on any atom is 3.00 e. The minimum atomic E-state index is 0. The monoisotopic (exact) mass is 237 g/mol. The predicted molar refractivity (Wildman–Crippen MR) is 42.6 cm³/mol. The molecule has 1 N–H and O–H groups in total. The number of hydrogen-bond donors (Lipinski definition) is 1. The Morgan fingerprint density at radius 3 is 2.58 bits per heavy atom. The third-order valence-electron chi connectivity index (χ3n) is 1.94. The Balaban J connectivity index is 0.000000720. The summed E-state index contributed by atoms with van der Waals surface area (Å²) in [6.45, 7) is 6.03. The third-order valence-corrected chi connectivity index (χ3v) is 1.94. The van der Waals surface area contributed by atoms with Gasteiger partial charge in [-0.25, -0.2) is 4.98 Å². The van der Waals surface area contributed by atoms with E-state index in [4.69, 9.17) is 0 Å². The fourth-order valence-corrected chi connectivity index (χ4v) is 1.20. The van der Waals surface area contributed by atoms with Crippen molar-refractivity contribution in [1.82, 2.24) is 14.6 Å². The molecule has 0 atom stereocenters. The molecule has 0 aliphatic carbocycles. The molecular formula is C8H10N3Y+2. The number of H-pyrrole nitrogens is 1. The number of nitrogens with one attached hydrogen (secondary N) is 1. The van der Waals surface area contributed by atoms with Gasteiger partial charge in [-0.3, -0.25) is 5.10 Å². The summed E-state index contributed by atoms with van der Waals surface area (Å²) in [6.07, 6.45) is 0. The molecule has 0 amide bonds. The van der Waals surface area contributed by atoms with E-state index in [0.717, 1.165) is 17.0 Å². The largest absolute Gasteiger partial charge is 3.00 e. The molecule has 0 aromatic carbocycles. The van der Waals surface area contributed by atoms with Gasteiger partial charge in [-0.15, -0.1) is 5.69 Å². The summed E-state index contributed by atoms with van der Waals surface area (Å²) in [5.74, 6) is 0.930. The molecule has 0 unspecified atom stereocenters. The minimum Gasteiger partial charge on any atom is -0.338 e. The van der Waals surface area contributed by atoms with E-state index in [1.165, 1.54) is 5.69 Å². The summed E-state index contributed by atoms with van der Waals surface area (Å²) in [5.41, 5.74) is 3.22. The molecule has 0 aliphatic heterocycles. The molecule has 0 radical (unpaired) electrons. The fourth-order valence-electron chi connectivity index (χ4n) is 1.20. The van der Waals surface area contributed by atoms with Crippen molar-refractivity contribution >= 4 is 5.65 Å². The van der Waals surface area contributed by atoms with E-state index in [0.29, 0.717) is 0 Å². The molecule has 0 fully saturated rings. The van der Waals surface area contributed by atoms with Gasteiger partial charge in [0.05, 0.1) is 0 Å². The van der Waals surface area contributed by atoms with Crippen LogP contribution in [0.1, 0.15) is 17.1 Å². The number of rotatable bonds is 0. The van der Waals surface area contributed by atoms with E-state index in [9.17, 15) is 0 Å². The second kappa shape index (κ2) is 3.31. The second-order valence-corrected chi connectivity index (χ2v) is 2.80. The number of aromatic amines is 1. The van der Waals surface area contributed by atoms with Crippen molar-refractivity contribution in [2.24, 2.45) is 0 Å². The van der Waals surface area contributed by atoms with Crippen LogP contribution < -0.4 is 0 Å². The first-order valence-corrected chi connectivity index (χ1v) is 3.62. The average Bonchev–Trinajstić information content (AvgIpc) is 2.37. The van der Waals surface area contributed by atoms with Crippen LogP contribution in [0.3, 0.4) is 0 Å². The van der Waals surface area contributed by atoms with Gasteiger partial charge >= 0.3 is 32.7 Å². The Kier molecular flexibility index (Phi) is 2.74. The van der Waals surface area contributed by atoms with Crippen molar-refractivity contribution in [1.29, 1.82) is 0 Å². The summed E-state index contributed by atoms with van der Waals surface area (Å²) in [6, 6.07) is 3.17. The van der Waals surface area contributed by atoms with Crippen molar-refractivity contribution in [2.75, 3.05) is 0 Å². The van der Waals surface area contributed by atoms with Gasteiger partial charge in [0.2, 0.25) is 0 Å². The third kappa shape index (κ3) is 1.36. The SMILES string of the molecule is Cc1nc2[c-]c(C)c(C)n2[nH]1.[Y+3]. The molecule has 0 saturated heterocycles. The van der Waals surface area contributed by atoms with Crippen molar-refractivity contribution in [3.63, 3.8) is 0 Å². The molecule has 2 rings (SSSR count). The van der Waals surface area contributed by atoms with Crippen LogP contribution in [0.25, 0.3) is 5.65 Å². The number of aryl methyl sites for hydroxylation is 3. The van der Waals surface area contributed by atoms with E-state index in [1.807, 2.05) is 18.4 Å². The van der Waals surface area contributed by atoms with Crippen LogP contribution in [-0.4, -0.2) is 14.6 Å². The van der Waals surface area contributed by atoms with Gasteiger partial charge in [0.25, 0.3) is 0 Å². The van der Waals surface area contributed by atoms with Gasteiger partial charge in [-0.1, -0.05) is 13.8 Å². The molecule has 0 saturated carbocycles. The van der Waals surface area contributed by atoms with Crippen LogP contribution in [0, 0.1) is 26.8 Å². The standard InChI is InChI=1S/C8H10N3.Y/c1-5-4-8-9-7(3)10-11(8)6(5)2;/h1-3H3,(H,9,10);/q-1;+3. The molecule has 2 aromatic heterocycles. The fraction of sp³-hybridized carbons (Fsp3) is 0.375. The molecule has 4 heteroatoms. The van der Waals surface area contributed by atoms with Crippen molar-refractivity contribution in [3.8, 4) is 0 Å². The first kappa shape index (κ1) is 9.94. The van der Waals surface area contributed by atoms with Gasteiger partial charge in [0, 0.05) is 5.65 Å². The quantitative estimate of drug-likeness (QED) is 0.690. The first-order valence-electron chi connectivity index (χ1n) is 3.62. The predicted octanol–water partition coefficient (Wildman–Crippen LogP) is 1.39. The van der Waals surface area contributed by atoms with Crippen LogP contribution in [-0.2, 0) is 32.7 Å². The van der Waals surface area contributed by atoms with Crippen LogP contribution in [0.2, 0.25) is 0 Å². The summed E-state index contributed by atoms with van der Waals surface area (Å²) in [4.78, 5) is 4.25. The molecule has 12 heavy (non-hydrogen) atoms. The summed E-state index contributed by atoms with van der Waals surface area (Å²) in [7, 11) is 0. The number of hydrogen-bond acceptors (Lipinski definition) is 1. The Bertz CT molecular complexity index is 400. The average molecular weight is 237 g/mol. The van der Waals surface area contributed by atoms with Crippen LogP contribution in [0.15, 0.2) is 0 Å². The van der Waals surface area contributed by atoms with Gasteiger partial charge in [-0.2, -0.15) is 11.6 Å². The summed E-state index contributed by atoms with van der Waals surface area (Å²) < 4.78 is 1.95. The van der Waals surface area contributed by atoms with Gasteiger partial charge in [-0.05, 0) is 6.92 Å². The molecule has 2 heterocycles. The Morgan fingerprint density at radius 1 is 1.33 bits per heavy atom. The zero-order valence-corrected chi connectivity index (χ0v) is 10.3. The van der Waals surface area contributed by atoms with Crippen LogP contribution in [0.5, 0.6) is 0 Å². The molecule has 58 valence electrons. The Hall–Kier alpha value is -0.146. The van der Waals surface area contributed by atoms with E-state index in [-0.39, 0.29) is 32.7 Å². The van der Waals surface area contributed by atoms with E-state index in [2.05, 4.69) is 23.1 Å². The zero-order chi connectivity index (χ0) is 8.01. The van der Waals surface area contributed by atoms with Crippen molar-refractivity contribution < 1.29 is 32.7 Å². The van der Waals surface area contributed by atoms with Crippen LogP contribution >= 0.6 is 0 Å². The van der Waals surface area contributed by atoms with Crippen LogP contribution in [0.4, 0.5) is 0 Å². The smallest absolute Gasteiger partial charge is 0.338 e. The van der Waals surface area contributed by atoms with E-state index >= 15 is 0 Å². The topological polar surface area (TPSA) is 33.1 Å². The van der Waals surface area contributed by atoms with E-state index < -0.39 is 0 Å². The van der Waals surface area contributed by atoms with Crippen molar-refractivity contribution in [2.45, 2.75) is 20.8 Å². The number of fused-ring (bicyclic) bond motifs is 1. The van der Waals surface area contributed by atoms with E-state index in [1.54, 1.807) is 0 Å². The van der Waals surface area contributed by atoms with Gasteiger partial charge in [0.1, 0.15) is 5.82 Å². The van der Waals surface area contributed by atoms with Gasteiger partial charge in [0.15, 0.2) is 0 Å². The minimum absolute atomic E-state index is 0. The van der Waals surface area contributed by atoms with Gasteiger partial charge < -0.3 is 4.52 Å². The maximum absolute atomic E-state index is 4.25. The molecule has 0 spiro atoms. The Labute approximate surface area is 96.4 Å². The number of aromatic nitrogens is 3. The summed E-state index contributed by atoms with van der Waals surface area (Å²) in [5, 5.41) is 3.12.